The van der Waals surface area contributed by atoms with Gasteiger partial charge in [0, 0.05) is 32.0 Å². The van der Waals surface area contributed by atoms with Crippen LogP contribution in [0.1, 0.15) is 47.2 Å². The van der Waals surface area contributed by atoms with Crippen LogP contribution in [0.5, 0.6) is 5.75 Å². The Kier molecular flexibility index (Phi) is 6.52. The fraction of sp³-hybridized carbons (Fsp3) is 0.385. The summed E-state index contributed by atoms with van der Waals surface area (Å²) >= 11 is 0. The van der Waals surface area contributed by atoms with Gasteiger partial charge in [-0.2, -0.15) is 0 Å². The lowest BCUT2D eigenvalue weighted by atomic mass is 9.82. The molecular formula is C26H29NO4. The van der Waals surface area contributed by atoms with E-state index in [9.17, 15) is 9.59 Å². The molecule has 2 aliphatic heterocycles. The fourth-order valence-corrected chi connectivity index (χ4v) is 4.46. The quantitative estimate of drug-likeness (QED) is 0.516. The van der Waals surface area contributed by atoms with Crippen LogP contribution in [0.4, 0.5) is 0 Å². The number of hydrogen-bond donors (Lipinski definition) is 0. The highest BCUT2D eigenvalue weighted by atomic mass is 16.5. The number of aryl methyl sites for hydroxylation is 1. The number of carbonyl (C=O) groups excluding carboxylic acids is 2. The highest BCUT2D eigenvalue weighted by Gasteiger charge is 2.42. The molecule has 31 heavy (non-hydrogen) atoms. The van der Waals surface area contributed by atoms with Crippen LogP contribution < -0.4 is 4.74 Å². The van der Waals surface area contributed by atoms with E-state index >= 15 is 0 Å². The first-order valence-corrected chi connectivity index (χ1v) is 11.0. The van der Waals surface area contributed by atoms with Crippen molar-refractivity contribution in [3.63, 3.8) is 0 Å². The Morgan fingerprint density at radius 2 is 1.94 bits per heavy atom. The third-order valence-corrected chi connectivity index (χ3v) is 6.28. The number of nitrogens with zero attached hydrogens (tertiary/aromatic N) is 1. The van der Waals surface area contributed by atoms with Gasteiger partial charge in [0.1, 0.15) is 11.4 Å². The van der Waals surface area contributed by atoms with Crippen LogP contribution in [-0.4, -0.2) is 49.0 Å². The van der Waals surface area contributed by atoms with E-state index in [1.807, 2.05) is 12.1 Å². The zero-order chi connectivity index (χ0) is 21.7. The molecule has 162 valence electrons. The molecule has 0 radical (unpaired) electrons. The molecule has 0 bridgehead atoms. The van der Waals surface area contributed by atoms with E-state index in [0.717, 1.165) is 50.9 Å². The highest BCUT2D eigenvalue weighted by molar-refractivity contribution is 6.01. The zero-order valence-electron chi connectivity index (χ0n) is 18.0. The first-order chi connectivity index (χ1) is 15.1. The Hall–Kier alpha value is -2.92. The van der Waals surface area contributed by atoms with Crippen molar-refractivity contribution in [1.29, 1.82) is 0 Å². The molecule has 2 heterocycles. The number of fused-ring (bicyclic) bond motifs is 1. The third-order valence-electron chi connectivity index (χ3n) is 6.28. The molecule has 2 aliphatic rings. The maximum absolute atomic E-state index is 12.9. The van der Waals surface area contributed by atoms with Crippen LogP contribution in [0.15, 0.2) is 54.6 Å². The van der Waals surface area contributed by atoms with Crippen LogP contribution in [0.25, 0.3) is 6.08 Å². The summed E-state index contributed by atoms with van der Waals surface area (Å²) < 4.78 is 11.0. The number of carbonyl (C=O) groups is 2. The molecule has 0 aromatic heterocycles. The molecule has 1 fully saturated rings. The SMILES string of the molecule is COC(=O)/C=C/c1ccc2c(c1)C(=O)CC1(CCN(CCCc3ccccc3)CC1)O2. The Morgan fingerprint density at radius 1 is 1.16 bits per heavy atom. The van der Waals surface area contributed by atoms with Crippen molar-refractivity contribution < 1.29 is 19.1 Å². The number of benzene rings is 2. The second-order valence-corrected chi connectivity index (χ2v) is 8.43. The molecule has 0 aliphatic carbocycles. The third kappa shape index (κ3) is 5.23. The molecule has 1 saturated heterocycles. The van der Waals surface area contributed by atoms with Gasteiger partial charge in [0.25, 0.3) is 0 Å². The summed E-state index contributed by atoms with van der Waals surface area (Å²) in [5.74, 6) is 0.353. The summed E-state index contributed by atoms with van der Waals surface area (Å²) in [7, 11) is 1.34. The second kappa shape index (κ2) is 9.48. The summed E-state index contributed by atoms with van der Waals surface area (Å²) in [6, 6.07) is 16.1. The smallest absolute Gasteiger partial charge is 0.330 e. The van der Waals surface area contributed by atoms with Crippen LogP contribution in [-0.2, 0) is 16.0 Å². The van der Waals surface area contributed by atoms with Crippen molar-refractivity contribution >= 4 is 17.8 Å². The van der Waals surface area contributed by atoms with Gasteiger partial charge in [0.05, 0.1) is 19.1 Å². The fourth-order valence-electron chi connectivity index (χ4n) is 4.46. The number of ether oxygens (including phenoxy) is 2. The highest BCUT2D eigenvalue weighted by Crippen LogP contribution is 2.39. The van der Waals surface area contributed by atoms with Gasteiger partial charge in [-0.15, -0.1) is 0 Å². The van der Waals surface area contributed by atoms with Crippen molar-refractivity contribution in [1.82, 2.24) is 4.90 Å². The number of likely N-dealkylation sites (tertiary alicyclic amines) is 1. The topological polar surface area (TPSA) is 55.8 Å². The Bertz CT molecular complexity index is 959. The number of rotatable bonds is 6. The average molecular weight is 420 g/mol. The summed E-state index contributed by atoms with van der Waals surface area (Å²) in [5, 5.41) is 0. The van der Waals surface area contributed by atoms with E-state index in [2.05, 4.69) is 40.0 Å². The molecule has 0 saturated carbocycles. The molecule has 2 aromatic carbocycles. The van der Waals surface area contributed by atoms with Crippen LogP contribution in [0.3, 0.4) is 0 Å². The van der Waals surface area contributed by atoms with Gasteiger partial charge in [-0.3, -0.25) is 4.79 Å². The van der Waals surface area contributed by atoms with Gasteiger partial charge < -0.3 is 14.4 Å². The second-order valence-electron chi connectivity index (χ2n) is 8.43. The standard InChI is InChI=1S/C26H29NO4/c1-30-25(29)12-10-21-9-11-24-22(18-21)23(28)19-26(31-24)13-16-27(17-14-26)15-5-8-20-6-3-2-4-7-20/h2-4,6-7,9-12,18H,5,8,13-17,19H2,1H3/b12-10+. The summed E-state index contributed by atoms with van der Waals surface area (Å²) in [4.78, 5) is 26.7. The van der Waals surface area contributed by atoms with Gasteiger partial charge in [-0.25, -0.2) is 4.79 Å². The number of hydrogen-bond acceptors (Lipinski definition) is 5. The number of Topliss-reactive ketones (excluding diaryl/α,β-unsaturated/α-hetero) is 1. The summed E-state index contributed by atoms with van der Waals surface area (Å²) in [6.07, 6.45) is 7.39. The Balaban J connectivity index is 1.33. The predicted molar refractivity (Wildman–Crippen MR) is 120 cm³/mol. The van der Waals surface area contributed by atoms with Crippen molar-refractivity contribution in [3.05, 3.63) is 71.3 Å². The zero-order valence-corrected chi connectivity index (χ0v) is 18.0. The van der Waals surface area contributed by atoms with E-state index in [-0.39, 0.29) is 11.4 Å². The van der Waals surface area contributed by atoms with E-state index in [0.29, 0.717) is 17.7 Å². The van der Waals surface area contributed by atoms with Crippen molar-refractivity contribution in [3.8, 4) is 5.75 Å². The maximum atomic E-state index is 12.9. The molecule has 0 unspecified atom stereocenters. The predicted octanol–water partition coefficient (Wildman–Crippen LogP) is 4.31. The molecule has 0 amide bonds. The van der Waals surface area contributed by atoms with Gasteiger partial charge >= 0.3 is 5.97 Å². The van der Waals surface area contributed by atoms with Crippen molar-refractivity contribution in [2.45, 2.75) is 37.7 Å². The van der Waals surface area contributed by atoms with Gasteiger partial charge in [-0.1, -0.05) is 36.4 Å². The van der Waals surface area contributed by atoms with Crippen LogP contribution in [0, 0.1) is 0 Å². The molecule has 0 atom stereocenters. The lowest BCUT2D eigenvalue weighted by Crippen LogP contribution is -2.51. The van der Waals surface area contributed by atoms with E-state index in [1.165, 1.54) is 18.7 Å². The van der Waals surface area contributed by atoms with Crippen molar-refractivity contribution in [2.24, 2.45) is 0 Å². The van der Waals surface area contributed by atoms with E-state index in [4.69, 9.17) is 4.74 Å². The number of piperidine rings is 1. The molecule has 5 nitrogen and oxygen atoms in total. The minimum atomic E-state index is -0.422. The first kappa shape index (κ1) is 21.3. The lowest BCUT2D eigenvalue weighted by Gasteiger charge is -2.44. The monoisotopic (exact) mass is 419 g/mol. The minimum Gasteiger partial charge on any atom is -0.486 e. The molecule has 1 spiro atoms. The summed E-state index contributed by atoms with van der Waals surface area (Å²) in [5.41, 5.74) is 2.38. The molecule has 5 heteroatoms. The number of ketones is 1. The number of methoxy groups -OCH3 is 1. The van der Waals surface area contributed by atoms with Gasteiger partial charge in [-0.05, 0) is 48.7 Å². The number of esters is 1. The molecule has 0 N–H and O–H groups in total. The lowest BCUT2D eigenvalue weighted by molar-refractivity contribution is -0.134. The van der Waals surface area contributed by atoms with Gasteiger partial charge in [0.15, 0.2) is 5.78 Å². The van der Waals surface area contributed by atoms with E-state index in [1.54, 1.807) is 12.1 Å². The minimum absolute atomic E-state index is 0.118. The van der Waals surface area contributed by atoms with Gasteiger partial charge in [0.2, 0.25) is 0 Å². The normalized spacial score (nSPS) is 18.0. The van der Waals surface area contributed by atoms with Crippen molar-refractivity contribution in [2.75, 3.05) is 26.7 Å². The molecule has 4 rings (SSSR count). The molecule has 2 aromatic rings. The average Bonchev–Trinajstić information content (AvgIpc) is 2.80. The molecular weight excluding hydrogens is 390 g/mol. The largest absolute Gasteiger partial charge is 0.486 e. The maximum Gasteiger partial charge on any atom is 0.330 e. The van der Waals surface area contributed by atoms with Crippen LogP contribution >= 0.6 is 0 Å². The van der Waals surface area contributed by atoms with Crippen LogP contribution in [0.2, 0.25) is 0 Å². The summed E-state index contributed by atoms with van der Waals surface area (Å²) in [6.45, 7) is 2.99. The Labute approximate surface area is 183 Å². The first-order valence-electron chi connectivity index (χ1n) is 11.0. The Morgan fingerprint density at radius 3 is 2.68 bits per heavy atom. The van der Waals surface area contributed by atoms with E-state index < -0.39 is 5.97 Å².